The fourth-order valence-electron chi connectivity index (χ4n) is 2.26. The molecule has 0 saturated heterocycles. The average molecular weight is 281 g/mol. The third-order valence-corrected chi connectivity index (χ3v) is 3.22. The number of nitriles is 1. The van der Waals surface area contributed by atoms with Crippen molar-refractivity contribution in [2.24, 2.45) is 0 Å². The van der Waals surface area contributed by atoms with E-state index in [0.717, 1.165) is 30.0 Å². The minimum absolute atomic E-state index is 0.559. The highest BCUT2D eigenvalue weighted by atomic mass is 16.5. The predicted molar refractivity (Wildman–Crippen MR) is 81.9 cm³/mol. The molecule has 108 valence electrons. The summed E-state index contributed by atoms with van der Waals surface area (Å²) in [6.07, 6.45) is 0. The van der Waals surface area contributed by atoms with Gasteiger partial charge in [-0.05, 0) is 43.8 Å². The lowest BCUT2D eigenvalue weighted by atomic mass is 10.1. The van der Waals surface area contributed by atoms with Gasteiger partial charge in [0.1, 0.15) is 11.8 Å². The van der Waals surface area contributed by atoms with Gasteiger partial charge in [0.15, 0.2) is 0 Å². The van der Waals surface area contributed by atoms with Crippen molar-refractivity contribution >= 4 is 0 Å². The van der Waals surface area contributed by atoms with E-state index in [9.17, 15) is 0 Å². The van der Waals surface area contributed by atoms with Crippen LogP contribution in [0.1, 0.15) is 22.5 Å². The second kappa shape index (κ2) is 6.87. The Morgan fingerprint density at radius 2 is 2.05 bits per heavy atom. The lowest BCUT2D eigenvalue weighted by molar-refractivity contribution is 0.314. The minimum Gasteiger partial charge on any atom is -0.495 e. The molecular weight excluding hydrogens is 262 g/mol. The molecule has 4 nitrogen and oxygen atoms in total. The molecule has 0 amide bonds. The number of aromatic nitrogens is 1. The van der Waals surface area contributed by atoms with Gasteiger partial charge in [0.2, 0.25) is 0 Å². The van der Waals surface area contributed by atoms with Crippen LogP contribution in [0.5, 0.6) is 5.75 Å². The van der Waals surface area contributed by atoms with E-state index in [1.807, 2.05) is 37.3 Å². The summed E-state index contributed by atoms with van der Waals surface area (Å²) in [5, 5.41) is 8.99. The quantitative estimate of drug-likeness (QED) is 0.845. The monoisotopic (exact) mass is 281 g/mol. The van der Waals surface area contributed by atoms with Crippen LogP contribution in [0.2, 0.25) is 0 Å². The van der Waals surface area contributed by atoms with Crippen LogP contribution < -0.4 is 4.74 Å². The number of hydrogen-bond acceptors (Lipinski definition) is 4. The van der Waals surface area contributed by atoms with E-state index < -0.39 is 0 Å². The Kier molecular flexibility index (Phi) is 4.91. The van der Waals surface area contributed by atoms with E-state index in [-0.39, 0.29) is 0 Å². The van der Waals surface area contributed by atoms with Crippen molar-refractivity contribution in [1.82, 2.24) is 9.88 Å². The second-order valence-corrected chi connectivity index (χ2v) is 5.09. The summed E-state index contributed by atoms with van der Waals surface area (Å²) >= 11 is 0. The van der Waals surface area contributed by atoms with Gasteiger partial charge >= 0.3 is 0 Å². The third kappa shape index (κ3) is 4.04. The van der Waals surface area contributed by atoms with Crippen LogP contribution in [0, 0.1) is 18.3 Å². The summed E-state index contributed by atoms with van der Waals surface area (Å²) in [5.74, 6) is 0.622. The summed E-state index contributed by atoms with van der Waals surface area (Å²) in [6, 6.07) is 13.8. The van der Waals surface area contributed by atoms with Gasteiger partial charge in [-0.2, -0.15) is 5.26 Å². The Hall–Kier alpha value is -2.38. The molecule has 0 radical (unpaired) electrons. The van der Waals surface area contributed by atoms with Crippen LogP contribution in [0.15, 0.2) is 36.4 Å². The predicted octanol–water partition coefficient (Wildman–Crippen LogP) is 2.90. The molecule has 0 bridgehead atoms. The van der Waals surface area contributed by atoms with Crippen LogP contribution in [0.4, 0.5) is 0 Å². The molecule has 2 aromatic rings. The average Bonchev–Trinajstić information content (AvgIpc) is 2.47. The Bertz CT molecular complexity index is 661. The zero-order chi connectivity index (χ0) is 15.2. The molecule has 1 aromatic heterocycles. The molecule has 2 rings (SSSR count). The van der Waals surface area contributed by atoms with Crippen molar-refractivity contribution in [3.05, 3.63) is 58.9 Å². The summed E-state index contributed by atoms with van der Waals surface area (Å²) < 4.78 is 5.24. The molecular formula is C17H19N3O. The van der Waals surface area contributed by atoms with Crippen LogP contribution >= 0.6 is 0 Å². The van der Waals surface area contributed by atoms with Gasteiger partial charge in [-0.1, -0.05) is 12.1 Å². The SMILES string of the molecule is COc1cc(CN(C)Cc2cccc(C)n2)ccc1C#N. The molecule has 1 aromatic carbocycles. The Morgan fingerprint density at radius 1 is 1.24 bits per heavy atom. The highest BCUT2D eigenvalue weighted by molar-refractivity contribution is 5.45. The number of pyridine rings is 1. The maximum atomic E-state index is 8.99. The van der Waals surface area contributed by atoms with Gasteiger partial charge in [0.05, 0.1) is 18.4 Å². The first-order chi connectivity index (χ1) is 10.1. The smallest absolute Gasteiger partial charge is 0.136 e. The van der Waals surface area contributed by atoms with Crippen molar-refractivity contribution in [2.75, 3.05) is 14.2 Å². The van der Waals surface area contributed by atoms with Crippen LogP contribution in [0.25, 0.3) is 0 Å². The van der Waals surface area contributed by atoms with Crippen molar-refractivity contribution in [1.29, 1.82) is 5.26 Å². The zero-order valence-corrected chi connectivity index (χ0v) is 12.6. The molecule has 1 heterocycles. The molecule has 0 unspecified atom stereocenters. The molecule has 0 N–H and O–H groups in total. The first kappa shape index (κ1) is 15.0. The van der Waals surface area contributed by atoms with Gasteiger partial charge in [0, 0.05) is 18.8 Å². The van der Waals surface area contributed by atoms with E-state index in [4.69, 9.17) is 10.00 Å². The maximum absolute atomic E-state index is 8.99. The highest BCUT2D eigenvalue weighted by Crippen LogP contribution is 2.20. The Labute approximate surface area is 125 Å². The molecule has 4 heteroatoms. The summed E-state index contributed by atoms with van der Waals surface area (Å²) in [7, 11) is 3.63. The molecule has 0 aliphatic heterocycles. The lowest BCUT2D eigenvalue weighted by Crippen LogP contribution is -2.18. The second-order valence-electron chi connectivity index (χ2n) is 5.09. The molecule has 0 aliphatic rings. The number of aryl methyl sites for hydroxylation is 1. The van der Waals surface area contributed by atoms with Gasteiger partial charge in [-0.15, -0.1) is 0 Å². The van der Waals surface area contributed by atoms with E-state index in [1.54, 1.807) is 13.2 Å². The Morgan fingerprint density at radius 3 is 2.71 bits per heavy atom. The molecule has 0 spiro atoms. The van der Waals surface area contributed by atoms with Gasteiger partial charge in [-0.3, -0.25) is 9.88 Å². The van der Waals surface area contributed by atoms with Crippen LogP contribution in [0.3, 0.4) is 0 Å². The van der Waals surface area contributed by atoms with Crippen molar-refractivity contribution in [3.8, 4) is 11.8 Å². The first-order valence-corrected chi connectivity index (χ1v) is 6.80. The Balaban J connectivity index is 2.06. The van der Waals surface area contributed by atoms with Crippen LogP contribution in [-0.2, 0) is 13.1 Å². The fourth-order valence-corrected chi connectivity index (χ4v) is 2.26. The topological polar surface area (TPSA) is 49.1 Å². The number of benzene rings is 1. The van der Waals surface area contributed by atoms with E-state index in [0.29, 0.717) is 11.3 Å². The summed E-state index contributed by atoms with van der Waals surface area (Å²) in [4.78, 5) is 6.69. The van der Waals surface area contributed by atoms with Crippen LogP contribution in [-0.4, -0.2) is 24.0 Å². The molecule has 0 saturated carbocycles. The number of methoxy groups -OCH3 is 1. The molecule has 0 aliphatic carbocycles. The number of hydrogen-bond donors (Lipinski definition) is 0. The molecule has 0 fully saturated rings. The zero-order valence-electron chi connectivity index (χ0n) is 12.6. The number of nitrogens with zero attached hydrogens (tertiary/aromatic N) is 3. The normalized spacial score (nSPS) is 10.4. The van der Waals surface area contributed by atoms with E-state index in [1.165, 1.54) is 0 Å². The lowest BCUT2D eigenvalue weighted by Gasteiger charge is -2.17. The summed E-state index contributed by atoms with van der Waals surface area (Å²) in [6.45, 7) is 3.55. The number of rotatable bonds is 5. The first-order valence-electron chi connectivity index (χ1n) is 6.80. The maximum Gasteiger partial charge on any atom is 0.136 e. The molecule has 0 atom stereocenters. The largest absolute Gasteiger partial charge is 0.495 e. The minimum atomic E-state index is 0.559. The van der Waals surface area contributed by atoms with Gasteiger partial charge < -0.3 is 4.74 Å². The number of ether oxygens (including phenoxy) is 1. The summed E-state index contributed by atoms with van der Waals surface area (Å²) in [5.41, 5.74) is 3.75. The fraction of sp³-hybridized carbons (Fsp3) is 0.294. The van der Waals surface area contributed by atoms with E-state index in [2.05, 4.69) is 23.0 Å². The van der Waals surface area contributed by atoms with Gasteiger partial charge in [0.25, 0.3) is 0 Å². The van der Waals surface area contributed by atoms with Crippen molar-refractivity contribution in [3.63, 3.8) is 0 Å². The van der Waals surface area contributed by atoms with E-state index >= 15 is 0 Å². The highest BCUT2D eigenvalue weighted by Gasteiger charge is 2.07. The standard InChI is InChI=1S/C17H19N3O/c1-13-5-4-6-16(19-13)12-20(2)11-14-7-8-15(10-18)17(9-14)21-3/h4-9H,11-12H2,1-3H3. The third-order valence-electron chi connectivity index (χ3n) is 3.22. The molecule has 21 heavy (non-hydrogen) atoms. The van der Waals surface area contributed by atoms with Crippen molar-refractivity contribution < 1.29 is 4.74 Å². The van der Waals surface area contributed by atoms with Gasteiger partial charge in [-0.25, -0.2) is 0 Å². The van der Waals surface area contributed by atoms with Crippen molar-refractivity contribution in [2.45, 2.75) is 20.0 Å².